The van der Waals surface area contributed by atoms with Gasteiger partial charge in [0, 0.05) is 25.1 Å². The highest BCUT2D eigenvalue weighted by Crippen LogP contribution is 2.19. The van der Waals surface area contributed by atoms with Crippen molar-refractivity contribution >= 4 is 5.69 Å². The topological polar surface area (TPSA) is 56.7 Å². The van der Waals surface area contributed by atoms with Gasteiger partial charge in [0.15, 0.2) is 0 Å². The lowest BCUT2D eigenvalue weighted by Crippen LogP contribution is -2.13. The van der Waals surface area contributed by atoms with Crippen molar-refractivity contribution in [3.63, 3.8) is 0 Å². The summed E-state index contributed by atoms with van der Waals surface area (Å²) in [4.78, 5) is 0. The number of para-hydroxylation sites is 1. The van der Waals surface area contributed by atoms with Crippen LogP contribution in [0, 0.1) is 0 Å². The van der Waals surface area contributed by atoms with Gasteiger partial charge in [-0.05, 0) is 24.5 Å². The molecule has 0 atom stereocenters. The van der Waals surface area contributed by atoms with E-state index in [2.05, 4.69) is 20.8 Å². The molecule has 2 N–H and O–H groups in total. The number of nitrogen functional groups attached to an aromatic ring is 1. The van der Waals surface area contributed by atoms with Crippen LogP contribution in [-0.2, 0) is 19.4 Å². The molecule has 0 bridgehead atoms. The SMILES string of the molecule is Nc1ccccc1Cc1nnc2n1CCCC2. The highest BCUT2D eigenvalue weighted by atomic mass is 15.3. The fraction of sp³-hybridized carbons (Fsp3) is 0.385. The van der Waals surface area contributed by atoms with Crippen molar-refractivity contribution < 1.29 is 0 Å². The van der Waals surface area contributed by atoms with Crippen molar-refractivity contribution in [3.8, 4) is 0 Å². The van der Waals surface area contributed by atoms with E-state index in [-0.39, 0.29) is 0 Å². The van der Waals surface area contributed by atoms with Gasteiger partial charge in [-0.1, -0.05) is 18.2 Å². The number of hydrogen-bond donors (Lipinski definition) is 1. The first kappa shape index (κ1) is 10.3. The number of rotatable bonds is 2. The number of nitrogens with zero attached hydrogens (tertiary/aromatic N) is 3. The molecule has 0 aliphatic carbocycles. The van der Waals surface area contributed by atoms with Crippen LogP contribution in [0.15, 0.2) is 24.3 Å². The van der Waals surface area contributed by atoms with Gasteiger partial charge in [0.1, 0.15) is 11.6 Å². The Hall–Kier alpha value is -1.84. The lowest BCUT2D eigenvalue weighted by molar-refractivity contribution is 0.510. The van der Waals surface area contributed by atoms with Gasteiger partial charge in [-0.2, -0.15) is 0 Å². The first-order valence-electron chi connectivity index (χ1n) is 6.09. The quantitative estimate of drug-likeness (QED) is 0.797. The monoisotopic (exact) mass is 228 g/mol. The Balaban J connectivity index is 1.91. The third kappa shape index (κ3) is 1.90. The number of benzene rings is 1. The van der Waals surface area contributed by atoms with Gasteiger partial charge in [0.05, 0.1) is 0 Å². The molecule has 0 fully saturated rings. The van der Waals surface area contributed by atoms with Crippen molar-refractivity contribution in [2.24, 2.45) is 0 Å². The predicted molar refractivity (Wildman–Crippen MR) is 66.6 cm³/mol. The molecule has 0 spiro atoms. The number of aryl methyl sites for hydroxylation is 1. The van der Waals surface area contributed by atoms with Crippen LogP contribution < -0.4 is 5.73 Å². The van der Waals surface area contributed by atoms with E-state index in [9.17, 15) is 0 Å². The van der Waals surface area contributed by atoms with Crippen LogP contribution >= 0.6 is 0 Å². The molecule has 4 heteroatoms. The summed E-state index contributed by atoms with van der Waals surface area (Å²) in [5.74, 6) is 2.17. The maximum absolute atomic E-state index is 5.96. The van der Waals surface area contributed by atoms with Crippen molar-refractivity contribution in [1.82, 2.24) is 14.8 Å². The Morgan fingerprint density at radius 2 is 2.06 bits per heavy atom. The summed E-state index contributed by atoms with van der Waals surface area (Å²) in [5, 5.41) is 8.55. The summed E-state index contributed by atoms with van der Waals surface area (Å²) in [5.41, 5.74) is 7.92. The molecule has 17 heavy (non-hydrogen) atoms. The van der Waals surface area contributed by atoms with Gasteiger partial charge in [0.2, 0.25) is 0 Å². The van der Waals surface area contributed by atoms with Gasteiger partial charge in [-0.15, -0.1) is 10.2 Å². The van der Waals surface area contributed by atoms with E-state index in [1.54, 1.807) is 0 Å². The minimum atomic E-state index is 0.777. The van der Waals surface area contributed by atoms with Crippen LogP contribution in [0.4, 0.5) is 5.69 Å². The summed E-state index contributed by atoms with van der Waals surface area (Å²) in [6, 6.07) is 7.96. The molecule has 0 radical (unpaired) electrons. The fourth-order valence-electron chi connectivity index (χ4n) is 2.36. The average Bonchev–Trinajstić information content (AvgIpc) is 2.76. The minimum absolute atomic E-state index is 0.777. The second kappa shape index (κ2) is 4.20. The highest BCUT2D eigenvalue weighted by molar-refractivity contribution is 5.47. The normalized spacial score (nSPS) is 14.6. The summed E-state index contributed by atoms with van der Waals surface area (Å²) < 4.78 is 2.25. The van der Waals surface area contributed by atoms with E-state index in [1.807, 2.05) is 18.2 Å². The van der Waals surface area contributed by atoms with Crippen molar-refractivity contribution in [3.05, 3.63) is 41.5 Å². The summed E-state index contributed by atoms with van der Waals surface area (Å²) in [6.07, 6.45) is 4.28. The van der Waals surface area contributed by atoms with Gasteiger partial charge < -0.3 is 10.3 Å². The standard InChI is InChI=1S/C13H16N4/c14-11-6-2-1-5-10(11)9-13-16-15-12-7-3-4-8-17(12)13/h1-2,5-6H,3-4,7-9,14H2. The van der Waals surface area contributed by atoms with Crippen LogP contribution in [-0.4, -0.2) is 14.8 Å². The van der Waals surface area contributed by atoms with Gasteiger partial charge >= 0.3 is 0 Å². The number of aromatic nitrogens is 3. The van der Waals surface area contributed by atoms with E-state index >= 15 is 0 Å². The number of hydrogen-bond acceptors (Lipinski definition) is 3. The van der Waals surface area contributed by atoms with Crippen LogP contribution in [0.3, 0.4) is 0 Å². The molecule has 1 aromatic heterocycles. The third-order valence-electron chi connectivity index (χ3n) is 3.34. The van der Waals surface area contributed by atoms with E-state index in [0.717, 1.165) is 42.3 Å². The fourth-order valence-corrected chi connectivity index (χ4v) is 2.36. The molecule has 3 rings (SSSR count). The number of nitrogens with two attached hydrogens (primary N) is 1. The molecular formula is C13H16N4. The average molecular weight is 228 g/mol. The summed E-state index contributed by atoms with van der Waals surface area (Å²) in [6.45, 7) is 1.05. The second-order valence-electron chi connectivity index (χ2n) is 4.52. The third-order valence-corrected chi connectivity index (χ3v) is 3.34. The molecule has 1 aromatic carbocycles. The lowest BCUT2D eigenvalue weighted by atomic mass is 10.1. The molecule has 2 heterocycles. The van der Waals surface area contributed by atoms with E-state index in [4.69, 9.17) is 5.73 Å². The zero-order valence-corrected chi connectivity index (χ0v) is 9.76. The Morgan fingerprint density at radius 1 is 1.18 bits per heavy atom. The minimum Gasteiger partial charge on any atom is -0.398 e. The first-order chi connectivity index (χ1) is 8.34. The predicted octanol–water partition coefficient (Wildman–Crippen LogP) is 1.79. The van der Waals surface area contributed by atoms with Crippen molar-refractivity contribution in [2.75, 3.05) is 5.73 Å². The molecule has 0 unspecified atom stereocenters. The Labute approximate surface area is 100 Å². The van der Waals surface area contributed by atoms with Crippen molar-refractivity contribution in [2.45, 2.75) is 32.2 Å². The summed E-state index contributed by atoms with van der Waals surface area (Å²) >= 11 is 0. The van der Waals surface area contributed by atoms with Crippen LogP contribution in [0.2, 0.25) is 0 Å². The first-order valence-corrected chi connectivity index (χ1v) is 6.09. The molecule has 0 amide bonds. The van der Waals surface area contributed by atoms with Crippen LogP contribution in [0.5, 0.6) is 0 Å². The zero-order valence-electron chi connectivity index (χ0n) is 9.76. The Kier molecular flexibility index (Phi) is 2.55. The molecule has 0 saturated heterocycles. The lowest BCUT2D eigenvalue weighted by Gasteiger charge is -2.15. The molecule has 1 aliphatic rings. The van der Waals surface area contributed by atoms with E-state index in [1.165, 1.54) is 12.8 Å². The van der Waals surface area contributed by atoms with E-state index in [0.29, 0.717) is 0 Å². The van der Waals surface area contributed by atoms with Gasteiger partial charge in [-0.25, -0.2) is 0 Å². The molecule has 1 aliphatic heterocycles. The smallest absolute Gasteiger partial charge is 0.137 e. The molecule has 4 nitrogen and oxygen atoms in total. The molecule has 2 aromatic rings. The van der Waals surface area contributed by atoms with Gasteiger partial charge in [-0.3, -0.25) is 0 Å². The maximum Gasteiger partial charge on any atom is 0.137 e. The maximum atomic E-state index is 5.96. The summed E-state index contributed by atoms with van der Waals surface area (Å²) in [7, 11) is 0. The zero-order chi connectivity index (χ0) is 11.7. The van der Waals surface area contributed by atoms with E-state index < -0.39 is 0 Å². The molecular weight excluding hydrogens is 212 g/mol. The largest absolute Gasteiger partial charge is 0.398 e. The Bertz CT molecular complexity index is 530. The number of anilines is 1. The highest BCUT2D eigenvalue weighted by Gasteiger charge is 2.16. The number of fused-ring (bicyclic) bond motifs is 1. The molecule has 0 saturated carbocycles. The van der Waals surface area contributed by atoms with Crippen LogP contribution in [0.25, 0.3) is 0 Å². The molecule has 88 valence electrons. The van der Waals surface area contributed by atoms with Gasteiger partial charge in [0.25, 0.3) is 0 Å². The Morgan fingerprint density at radius 3 is 2.94 bits per heavy atom. The second-order valence-corrected chi connectivity index (χ2v) is 4.52. The van der Waals surface area contributed by atoms with Crippen LogP contribution in [0.1, 0.15) is 30.1 Å². The van der Waals surface area contributed by atoms with Crippen molar-refractivity contribution in [1.29, 1.82) is 0 Å².